The minimum atomic E-state index is 0. The molecule has 0 N–H and O–H groups in total. The van der Waals surface area contributed by atoms with Crippen molar-refractivity contribution < 1.29 is 83.4 Å². The van der Waals surface area contributed by atoms with E-state index in [4.69, 9.17) is 20.4 Å². The summed E-state index contributed by atoms with van der Waals surface area (Å²) < 4.78 is 0. The first kappa shape index (κ1) is 22.9. The number of hydrogen-bond donors (Lipinski definition) is 0. The standard InChI is InChI=1S/2CNO.Au.K/c2*2-1-3;;/q2*-1;2*+1. The second kappa shape index (κ2) is 42.1. The Morgan fingerprint density at radius 1 is 1.00 bits per heavy atom. The van der Waals surface area contributed by atoms with E-state index in [-0.39, 0.29) is 73.8 Å². The van der Waals surface area contributed by atoms with Crippen LogP contribution in [0, 0.1) is 0 Å². The Hall–Kier alpha value is 1.14. The Labute approximate surface area is 104 Å². The molecule has 0 aromatic carbocycles. The SMILES string of the molecule is [Au+].[K+].[N-]=C=O.[N-]=C=O. The molecule has 0 aliphatic heterocycles. The van der Waals surface area contributed by atoms with Gasteiger partial charge in [0, 0.05) is 0 Å². The number of rotatable bonds is 0. The molecule has 0 atom stereocenters. The van der Waals surface area contributed by atoms with Crippen molar-refractivity contribution in [2.75, 3.05) is 0 Å². The van der Waals surface area contributed by atoms with E-state index < -0.39 is 0 Å². The second-order valence-electron chi connectivity index (χ2n) is 0.183. The van der Waals surface area contributed by atoms with Crippen molar-refractivity contribution in [3.8, 4) is 0 Å². The predicted octanol–water partition coefficient (Wildman–Crippen LogP) is -3.22. The van der Waals surface area contributed by atoms with Gasteiger partial charge in [-0.15, -0.1) is 0 Å². The molecule has 0 aromatic rings. The van der Waals surface area contributed by atoms with E-state index in [1.807, 2.05) is 0 Å². The second-order valence-corrected chi connectivity index (χ2v) is 0.183. The molecule has 6 heteroatoms. The van der Waals surface area contributed by atoms with Gasteiger partial charge in [0.05, 0.1) is 0 Å². The van der Waals surface area contributed by atoms with Gasteiger partial charge in [0.25, 0.3) is 0 Å². The van der Waals surface area contributed by atoms with Gasteiger partial charge in [-0.3, -0.25) is 9.59 Å². The molecule has 0 aromatic heterocycles. The normalized spacial score (nSPS) is 2.00. The fourth-order valence-electron chi connectivity index (χ4n) is 0. The quantitative estimate of drug-likeness (QED) is 0.267. The molecule has 0 bridgehead atoms. The summed E-state index contributed by atoms with van der Waals surface area (Å²) in [6.45, 7) is 0. The van der Waals surface area contributed by atoms with Crippen molar-refractivity contribution in [2.24, 2.45) is 0 Å². The predicted molar refractivity (Wildman–Crippen MR) is 18.1 cm³/mol. The fraction of sp³-hybridized carbons (Fsp3) is 0. The number of carbonyl (C=O) groups excluding carboxylic acids is 2. The van der Waals surface area contributed by atoms with Crippen LogP contribution < -0.4 is 51.4 Å². The Morgan fingerprint density at radius 2 is 1.00 bits per heavy atom. The molecule has 0 unspecified atom stereocenters. The van der Waals surface area contributed by atoms with Gasteiger partial charge < -0.3 is 10.8 Å². The topological polar surface area (TPSA) is 78.7 Å². The van der Waals surface area contributed by atoms with Crippen LogP contribution in [0.4, 0.5) is 0 Å². The molecule has 0 spiro atoms. The van der Waals surface area contributed by atoms with Crippen LogP contribution in [0.2, 0.25) is 0 Å². The van der Waals surface area contributed by atoms with Gasteiger partial charge >= 0.3 is 73.8 Å². The molecule has 0 aliphatic rings. The van der Waals surface area contributed by atoms with Crippen molar-refractivity contribution in [3.63, 3.8) is 0 Å². The van der Waals surface area contributed by atoms with Gasteiger partial charge in [-0.05, 0) is 12.2 Å². The molecule has 0 saturated heterocycles. The van der Waals surface area contributed by atoms with Crippen molar-refractivity contribution in [1.82, 2.24) is 0 Å². The van der Waals surface area contributed by atoms with Crippen LogP contribution in [0.25, 0.3) is 10.8 Å². The minimum absolute atomic E-state index is 0. The minimum Gasteiger partial charge on any atom is -0.724 e. The summed E-state index contributed by atoms with van der Waals surface area (Å²) in [7, 11) is 0. The van der Waals surface area contributed by atoms with Crippen molar-refractivity contribution in [3.05, 3.63) is 10.8 Å². The number of isocyanates is 2. The smallest absolute Gasteiger partial charge is 0.724 e. The van der Waals surface area contributed by atoms with E-state index in [0.717, 1.165) is 0 Å². The van der Waals surface area contributed by atoms with Crippen LogP contribution in [0.5, 0.6) is 0 Å². The van der Waals surface area contributed by atoms with Gasteiger partial charge in [-0.25, -0.2) is 0 Å². The molecule has 42 valence electrons. The largest absolute Gasteiger partial charge is 1.00 e. The van der Waals surface area contributed by atoms with Gasteiger partial charge in [0.15, 0.2) is 0 Å². The summed E-state index contributed by atoms with van der Waals surface area (Å²) in [5, 5.41) is 13.5. The Kier molecular flexibility index (Phi) is 121. The number of nitrogens with zero attached hydrogens (tertiary/aromatic N) is 2. The summed E-state index contributed by atoms with van der Waals surface area (Å²) in [5.41, 5.74) is 0. The first-order valence-corrected chi connectivity index (χ1v) is 0.855. The molecular formula is C2AuKN2O2. The summed E-state index contributed by atoms with van der Waals surface area (Å²) in [5.74, 6) is 0. The van der Waals surface area contributed by atoms with Crippen molar-refractivity contribution in [1.29, 1.82) is 0 Å². The Bertz CT molecular complexity index is 72.0. The van der Waals surface area contributed by atoms with E-state index in [1.165, 1.54) is 0 Å². The zero-order valence-corrected chi connectivity index (χ0v) is 9.30. The first-order chi connectivity index (χ1) is 2.83. The molecule has 0 aliphatic carbocycles. The summed E-state index contributed by atoms with van der Waals surface area (Å²) in [6, 6.07) is 0. The molecule has 0 fully saturated rings. The monoisotopic (exact) mass is 320 g/mol. The van der Waals surface area contributed by atoms with Crippen LogP contribution in [-0.2, 0) is 32.0 Å². The van der Waals surface area contributed by atoms with Crippen LogP contribution in [0.3, 0.4) is 0 Å². The summed E-state index contributed by atoms with van der Waals surface area (Å²) in [4.78, 5) is 16.5. The van der Waals surface area contributed by atoms with Crippen LogP contribution in [0.15, 0.2) is 0 Å². The zero-order chi connectivity index (χ0) is 5.41. The van der Waals surface area contributed by atoms with Gasteiger partial charge in [-0.1, -0.05) is 0 Å². The van der Waals surface area contributed by atoms with Gasteiger partial charge in [0.2, 0.25) is 0 Å². The maximum atomic E-state index is 8.24. The third-order valence-electron chi connectivity index (χ3n) is 0. The Balaban J connectivity index is -0.0000000160. The van der Waals surface area contributed by atoms with E-state index in [1.54, 1.807) is 0 Å². The number of hydrogen-bond acceptors (Lipinski definition) is 2. The molecule has 0 rings (SSSR count). The molecule has 0 heterocycles. The molecule has 0 amide bonds. The average molecular weight is 320 g/mol. The van der Waals surface area contributed by atoms with E-state index in [0.29, 0.717) is 12.2 Å². The van der Waals surface area contributed by atoms with Crippen LogP contribution >= 0.6 is 0 Å². The maximum absolute atomic E-state index is 8.24. The molecule has 4 nitrogen and oxygen atoms in total. The zero-order valence-electron chi connectivity index (χ0n) is 4.01. The van der Waals surface area contributed by atoms with Crippen LogP contribution in [-0.4, -0.2) is 12.2 Å². The third kappa shape index (κ3) is 208. The van der Waals surface area contributed by atoms with E-state index in [9.17, 15) is 0 Å². The molecule has 0 radical (unpaired) electrons. The third-order valence-corrected chi connectivity index (χ3v) is 0. The van der Waals surface area contributed by atoms with Crippen molar-refractivity contribution in [2.45, 2.75) is 0 Å². The van der Waals surface area contributed by atoms with E-state index in [2.05, 4.69) is 0 Å². The van der Waals surface area contributed by atoms with Crippen molar-refractivity contribution >= 4 is 12.2 Å². The van der Waals surface area contributed by atoms with Gasteiger partial charge in [0.1, 0.15) is 0 Å². The molecule has 8 heavy (non-hydrogen) atoms. The average Bonchev–Trinajstić information content (AvgIpc) is 1.39. The fourth-order valence-corrected chi connectivity index (χ4v) is 0. The molecule has 0 saturated carbocycles. The molecular weight excluding hydrogens is 320 g/mol. The van der Waals surface area contributed by atoms with E-state index >= 15 is 0 Å². The summed E-state index contributed by atoms with van der Waals surface area (Å²) in [6.07, 6.45) is 1.00. The first-order valence-electron chi connectivity index (χ1n) is 0.855. The van der Waals surface area contributed by atoms with Gasteiger partial charge in [-0.2, -0.15) is 0 Å². The maximum Gasteiger partial charge on any atom is 1.00 e. The van der Waals surface area contributed by atoms with Crippen LogP contribution in [0.1, 0.15) is 0 Å². The Morgan fingerprint density at radius 3 is 1.00 bits per heavy atom. The summed E-state index contributed by atoms with van der Waals surface area (Å²) >= 11 is 0.